The molecule has 138 valence electrons. The summed E-state index contributed by atoms with van der Waals surface area (Å²) in [5.41, 5.74) is 9.23. The minimum Gasteiger partial charge on any atom is -0.496 e. The van der Waals surface area contributed by atoms with Crippen LogP contribution in [0.3, 0.4) is 0 Å². The normalized spacial score (nSPS) is 13.4. The molecule has 0 aromatic heterocycles. The van der Waals surface area contributed by atoms with E-state index in [1.54, 1.807) is 7.11 Å². The van der Waals surface area contributed by atoms with E-state index in [4.69, 9.17) is 10.5 Å². The smallest absolute Gasteiger partial charge is 0.132 e. The molecule has 0 spiro atoms. The van der Waals surface area contributed by atoms with Crippen LogP contribution in [0.25, 0.3) is 0 Å². The van der Waals surface area contributed by atoms with E-state index in [9.17, 15) is 5.26 Å². The van der Waals surface area contributed by atoms with Crippen molar-refractivity contribution < 1.29 is 4.74 Å². The fourth-order valence-electron chi connectivity index (χ4n) is 2.30. The van der Waals surface area contributed by atoms with Crippen molar-refractivity contribution in [3.63, 3.8) is 0 Å². The van der Waals surface area contributed by atoms with Crippen molar-refractivity contribution in [2.75, 3.05) is 19.1 Å². The fraction of sp³-hybridized carbons (Fsp3) is 0.286. The number of anilines is 1. The molecular formula is C21H26IN3O. The van der Waals surface area contributed by atoms with Crippen LogP contribution in [0.5, 0.6) is 5.75 Å². The molecule has 0 saturated carbocycles. The van der Waals surface area contributed by atoms with Crippen LogP contribution in [0.1, 0.15) is 20.3 Å². The second-order valence-corrected chi connectivity index (χ2v) is 6.86. The molecule has 1 unspecified atom stereocenters. The third-order valence-electron chi connectivity index (χ3n) is 3.97. The van der Waals surface area contributed by atoms with E-state index in [-0.39, 0.29) is 5.92 Å². The first-order chi connectivity index (χ1) is 12.4. The molecule has 1 atom stereocenters. The van der Waals surface area contributed by atoms with Crippen LogP contribution in [-0.2, 0) is 0 Å². The Labute approximate surface area is 170 Å². The number of hydrogen-bond donors (Lipinski definition) is 1. The molecule has 26 heavy (non-hydrogen) atoms. The van der Waals surface area contributed by atoms with Crippen LogP contribution in [-0.4, -0.2) is 14.2 Å². The molecule has 0 bridgehead atoms. The highest BCUT2D eigenvalue weighted by Gasteiger charge is 2.16. The van der Waals surface area contributed by atoms with Gasteiger partial charge in [0, 0.05) is 29.7 Å². The highest BCUT2D eigenvalue weighted by molar-refractivity contribution is 14.1. The molecule has 2 N–H and O–H groups in total. The Morgan fingerprint density at radius 2 is 2.19 bits per heavy atom. The number of nitrogens with two attached hydrogens (primary N) is 1. The largest absolute Gasteiger partial charge is 0.496 e. The summed E-state index contributed by atoms with van der Waals surface area (Å²) in [6, 6.07) is 8.24. The lowest BCUT2D eigenvalue weighted by atomic mass is 10.0. The summed E-state index contributed by atoms with van der Waals surface area (Å²) in [7, 11) is 3.60. The van der Waals surface area contributed by atoms with Crippen molar-refractivity contribution in [3.8, 4) is 11.8 Å². The molecule has 0 radical (unpaired) electrons. The molecule has 0 amide bonds. The number of ether oxygens (including phenoxy) is 1. The Morgan fingerprint density at radius 3 is 2.69 bits per heavy atom. The van der Waals surface area contributed by atoms with Gasteiger partial charge in [0.15, 0.2) is 0 Å². The first-order valence-corrected chi connectivity index (χ1v) is 9.44. The number of hydrogen-bond acceptors (Lipinski definition) is 4. The lowest BCUT2D eigenvalue weighted by Crippen LogP contribution is -2.21. The monoisotopic (exact) mass is 463 g/mol. The highest BCUT2D eigenvalue weighted by Crippen LogP contribution is 2.30. The van der Waals surface area contributed by atoms with Gasteiger partial charge in [-0.15, -0.1) is 0 Å². The molecule has 0 fully saturated rings. The van der Waals surface area contributed by atoms with Gasteiger partial charge in [-0.05, 0) is 66.3 Å². The van der Waals surface area contributed by atoms with Crippen molar-refractivity contribution in [3.05, 3.63) is 69.6 Å². The van der Waals surface area contributed by atoms with Crippen molar-refractivity contribution in [1.82, 2.24) is 0 Å². The summed E-state index contributed by atoms with van der Waals surface area (Å²) < 4.78 is 6.34. The summed E-state index contributed by atoms with van der Waals surface area (Å²) in [5.74, 6) is 0.610. The van der Waals surface area contributed by atoms with Gasteiger partial charge in [-0.1, -0.05) is 25.7 Å². The number of nitrogens with zero attached hydrogens (tertiary/aromatic N) is 2. The number of likely N-dealkylation sites (N-methyl/N-ethyl adjacent to an activating group) is 1. The minimum absolute atomic E-state index is 0.212. The summed E-state index contributed by atoms with van der Waals surface area (Å²) in [4.78, 5) is 2.00. The van der Waals surface area contributed by atoms with Gasteiger partial charge in [0.05, 0.1) is 22.7 Å². The lowest BCUT2D eigenvalue weighted by molar-refractivity contribution is 0.412. The van der Waals surface area contributed by atoms with Gasteiger partial charge in [0.2, 0.25) is 0 Å². The fourth-order valence-corrected chi connectivity index (χ4v) is 3.02. The van der Waals surface area contributed by atoms with Crippen LogP contribution < -0.4 is 15.4 Å². The van der Waals surface area contributed by atoms with E-state index < -0.39 is 0 Å². The molecular weight excluding hydrogens is 437 g/mol. The standard InChI is InChI=1S/C21H26IN3O/c1-6-8-9-19(24)15(3)20(12-16(7-2)14-23)25(4)17-10-11-21(26-5)18(22)13-17/h6,8-13,16H,3,7,24H2,1-2,4-5H3/b8-6-,19-9+,20-12+. The molecule has 1 aromatic rings. The van der Waals surface area contributed by atoms with Gasteiger partial charge in [-0.3, -0.25) is 0 Å². The Balaban J connectivity index is 3.38. The zero-order chi connectivity index (χ0) is 19.7. The van der Waals surface area contributed by atoms with E-state index in [1.807, 2.05) is 68.3 Å². The van der Waals surface area contributed by atoms with Gasteiger partial charge < -0.3 is 15.4 Å². The Hall–Kier alpha value is -2.20. The van der Waals surface area contributed by atoms with Crippen LogP contribution in [0.15, 0.2) is 66.0 Å². The lowest BCUT2D eigenvalue weighted by Gasteiger charge is -2.26. The van der Waals surface area contributed by atoms with Crippen molar-refractivity contribution >= 4 is 28.3 Å². The Morgan fingerprint density at radius 1 is 1.50 bits per heavy atom. The number of methoxy groups -OCH3 is 1. The quantitative estimate of drug-likeness (QED) is 0.428. The SMILES string of the molecule is C=C(/C(N)=C\C=C/C)/C(=C\C(C#N)CC)N(C)c1ccc(OC)c(I)c1. The molecule has 0 saturated heterocycles. The maximum absolute atomic E-state index is 9.38. The predicted molar refractivity (Wildman–Crippen MR) is 118 cm³/mol. The second kappa shape index (κ2) is 10.7. The molecule has 5 heteroatoms. The summed E-state index contributed by atoms with van der Waals surface area (Å²) >= 11 is 2.24. The van der Waals surface area contributed by atoms with Crippen molar-refractivity contribution in [1.29, 1.82) is 5.26 Å². The van der Waals surface area contributed by atoms with Crippen LogP contribution in [0.2, 0.25) is 0 Å². The number of halogens is 1. The molecule has 0 heterocycles. The highest BCUT2D eigenvalue weighted by atomic mass is 127. The maximum Gasteiger partial charge on any atom is 0.132 e. The van der Waals surface area contributed by atoms with Gasteiger partial charge in [-0.25, -0.2) is 0 Å². The van der Waals surface area contributed by atoms with E-state index in [1.165, 1.54) is 0 Å². The molecule has 1 rings (SSSR count). The third kappa shape index (κ3) is 5.67. The van der Waals surface area contributed by atoms with Crippen molar-refractivity contribution in [2.24, 2.45) is 11.7 Å². The number of allylic oxidation sites excluding steroid dienone is 4. The third-order valence-corrected chi connectivity index (χ3v) is 4.82. The first kappa shape index (κ1) is 21.8. The van der Waals surface area contributed by atoms with E-state index >= 15 is 0 Å². The topological polar surface area (TPSA) is 62.3 Å². The molecule has 1 aromatic carbocycles. The average molecular weight is 463 g/mol. The second-order valence-electron chi connectivity index (χ2n) is 5.70. The molecule has 0 aliphatic carbocycles. The predicted octanol–water partition coefficient (Wildman–Crippen LogP) is 5.14. The molecule has 4 nitrogen and oxygen atoms in total. The summed E-state index contributed by atoms with van der Waals surface area (Å²) in [5, 5.41) is 9.38. The van der Waals surface area contributed by atoms with Gasteiger partial charge in [-0.2, -0.15) is 5.26 Å². The first-order valence-electron chi connectivity index (χ1n) is 8.36. The summed E-state index contributed by atoms with van der Waals surface area (Å²) in [6.07, 6.45) is 8.24. The Bertz CT molecular complexity index is 772. The average Bonchev–Trinajstić information content (AvgIpc) is 2.66. The van der Waals surface area contributed by atoms with Gasteiger partial charge in [0.25, 0.3) is 0 Å². The molecule has 0 aliphatic heterocycles. The van der Waals surface area contributed by atoms with Crippen LogP contribution in [0, 0.1) is 20.8 Å². The minimum atomic E-state index is -0.212. The van der Waals surface area contributed by atoms with Crippen molar-refractivity contribution in [2.45, 2.75) is 20.3 Å². The van der Waals surface area contributed by atoms with Gasteiger partial charge in [0.1, 0.15) is 5.75 Å². The number of nitriles is 1. The zero-order valence-electron chi connectivity index (χ0n) is 15.8. The maximum atomic E-state index is 9.38. The molecule has 0 aliphatic rings. The Kier molecular flexibility index (Phi) is 9.00. The van der Waals surface area contributed by atoms with Gasteiger partial charge >= 0.3 is 0 Å². The van der Waals surface area contributed by atoms with E-state index in [2.05, 4.69) is 35.2 Å². The van der Waals surface area contributed by atoms with Crippen LogP contribution in [0.4, 0.5) is 5.69 Å². The van der Waals surface area contributed by atoms with Crippen LogP contribution >= 0.6 is 22.6 Å². The summed E-state index contributed by atoms with van der Waals surface area (Å²) in [6.45, 7) is 8.07. The number of benzene rings is 1. The van der Waals surface area contributed by atoms with E-state index in [0.29, 0.717) is 11.3 Å². The number of rotatable bonds is 8. The zero-order valence-corrected chi connectivity index (χ0v) is 17.9. The van der Waals surface area contributed by atoms with E-state index in [0.717, 1.165) is 27.1 Å².